The van der Waals surface area contributed by atoms with Gasteiger partial charge in [0.1, 0.15) is 17.4 Å². The van der Waals surface area contributed by atoms with E-state index in [2.05, 4.69) is 4.98 Å². The van der Waals surface area contributed by atoms with Gasteiger partial charge in [0.2, 0.25) is 0 Å². The topological polar surface area (TPSA) is 68.7 Å². The van der Waals surface area contributed by atoms with Crippen LogP contribution < -0.4 is 4.74 Å². The molecule has 0 spiro atoms. The van der Waals surface area contributed by atoms with Crippen molar-refractivity contribution in [2.45, 2.75) is 91.6 Å². The second kappa shape index (κ2) is 18.2. The Morgan fingerprint density at radius 3 is 2.16 bits per heavy atom. The Morgan fingerprint density at radius 2 is 1.61 bits per heavy atom. The Bertz CT molecular complexity index is 1570. The number of alkyl halides is 8. The van der Waals surface area contributed by atoms with Crippen molar-refractivity contribution >= 4 is 17.3 Å². The summed E-state index contributed by atoms with van der Waals surface area (Å²) in [6, 6.07) is 10.9. The molecule has 0 bridgehead atoms. The number of hydrogen-bond donors (Lipinski definition) is 1. The maximum absolute atomic E-state index is 13.7. The molecule has 0 aliphatic heterocycles. The Hall–Kier alpha value is -3.94. The molecule has 0 saturated carbocycles. The zero-order chi connectivity index (χ0) is 37.0. The zero-order valence-corrected chi connectivity index (χ0v) is 28.5. The van der Waals surface area contributed by atoms with Gasteiger partial charge in [0.25, 0.3) is 5.92 Å². The molecule has 0 fully saturated rings. The molecule has 1 heterocycles. The highest BCUT2D eigenvalue weighted by atomic mass is 32.1. The summed E-state index contributed by atoms with van der Waals surface area (Å²) in [5.74, 6) is -3.33. The molecule has 3 rings (SSSR count). The number of aryl methyl sites for hydroxylation is 2. The fourth-order valence-corrected chi connectivity index (χ4v) is 5.35. The molecular weight excluding hydrogens is 682 g/mol. The van der Waals surface area contributed by atoms with Crippen LogP contribution in [0, 0.1) is 6.92 Å². The van der Waals surface area contributed by atoms with E-state index in [1.165, 1.54) is 42.5 Å². The summed E-state index contributed by atoms with van der Waals surface area (Å²) in [6.07, 6.45) is -10.5. The molecule has 0 atom stereocenters. The van der Waals surface area contributed by atoms with E-state index in [1.807, 2.05) is 20.8 Å². The largest absolute Gasteiger partial charge is 0.498 e. The number of ether oxygens (including phenoxy) is 2. The summed E-state index contributed by atoms with van der Waals surface area (Å²) < 4.78 is 116. The molecule has 0 unspecified atom stereocenters. The number of halogens is 8. The second-order valence-corrected chi connectivity index (χ2v) is 11.9. The van der Waals surface area contributed by atoms with E-state index >= 15 is 0 Å². The van der Waals surface area contributed by atoms with Crippen molar-refractivity contribution < 1.29 is 54.5 Å². The predicted molar refractivity (Wildman–Crippen MR) is 173 cm³/mol. The first-order valence-electron chi connectivity index (χ1n) is 15.4. The first kappa shape index (κ1) is 41.2. The van der Waals surface area contributed by atoms with Gasteiger partial charge in [0.05, 0.1) is 29.4 Å². The first-order valence-corrected chi connectivity index (χ1v) is 16.2. The van der Waals surface area contributed by atoms with Crippen molar-refractivity contribution in [1.82, 2.24) is 4.98 Å². The molecule has 3 aromatic rings. The van der Waals surface area contributed by atoms with E-state index in [4.69, 9.17) is 14.6 Å². The Morgan fingerprint density at radius 1 is 0.959 bits per heavy atom. The van der Waals surface area contributed by atoms with Gasteiger partial charge in [-0.15, -0.1) is 11.3 Å². The summed E-state index contributed by atoms with van der Waals surface area (Å²) in [7, 11) is 0. The number of carbonyl (C=O) groups is 1. The maximum atomic E-state index is 13.7. The van der Waals surface area contributed by atoms with Gasteiger partial charge in [-0.3, -0.25) is 4.79 Å². The molecule has 49 heavy (non-hydrogen) atoms. The van der Waals surface area contributed by atoms with Crippen molar-refractivity contribution in [2.75, 3.05) is 6.61 Å². The molecule has 5 nitrogen and oxygen atoms in total. The van der Waals surface area contributed by atoms with Crippen molar-refractivity contribution in [3.05, 3.63) is 93.2 Å². The van der Waals surface area contributed by atoms with Crippen LogP contribution in [0.4, 0.5) is 35.1 Å². The van der Waals surface area contributed by atoms with Crippen molar-refractivity contribution in [2.24, 2.45) is 0 Å². The smallest absolute Gasteiger partial charge is 0.412 e. The quantitative estimate of drug-likeness (QED) is 0.0961. The number of carboxylic acid groups (broad SMARTS) is 1. The van der Waals surface area contributed by atoms with Crippen LogP contribution in [0.5, 0.6) is 5.75 Å². The minimum absolute atomic E-state index is 0.0140. The van der Waals surface area contributed by atoms with E-state index in [-0.39, 0.29) is 43.5 Å². The normalized spacial score (nSPS) is 12.8. The average molecular weight is 722 g/mol. The van der Waals surface area contributed by atoms with Crippen LogP contribution in [0.2, 0.25) is 0 Å². The van der Waals surface area contributed by atoms with Gasteiger partial charge >= 0.3 is 18.3 Å². The highest BCUT2D eigenvalue weighted by Gasteiger charge is 2.35. The third kappa shape index (κ3) is 14.2. The third-order valence-electron chi connectivity index (χ3n) is 6.93. The van der Waals surface area contributed by atoms with Crippen LogP contribution >= 0.6 is 11.3 Å². The summed E-state index contributed by atoms with van der Waals surface area (Å²) in [6.45, 7) is 8.06. The van der Waals surface area contributed by atoms with E-state index in [9.17, 15) is 39.9 Å². The maximum Gasteiger partial charge on any atom is 0.412 e. The van der Waals surface area contributed by atoms with E-state index in [0.29, 0.717) is 33.3 Å². The standard InChI is InChI=1S/C33H33F8NO4S.C2H6/c1-20-18-26(12-7-22(20)8-13-29(43)44)46-19-28-27(42-30(47-28)23-5-10-24(11-6-23)31(3,34)35)15-17-45-21(2)4-9-25(33(39,40)41)14-16-32(36,37)38;1-2/h4-7,10-12,14,18H,8-9,13,15-17,19H2,1-3H3,(H,43,44);1-2H3/b21-4+,25-14+;. The predicted octanol–water partition coefficient (Wildman–Crippen LogP) is 11.1. The van der Waals surface area contributed by atoms with Gasteiger partial charge < -0.3 is 14.6 Å². The minimum atomic E-state index is -4.93. The Kier molecular flexibility index (Phi) is 15.3. The number of benzene rings is 2. The summed E-state index contributed by atoms with van der Waals surface area (Å²) in [5.41, 5.74) is 1.33. The molecule has 0 aliphatic carbocycles. The number of hydrogen-bond acceptors (Lipinski definition) is 5. The number of thiazole rings is 1. The van der Waals surface area contributed by atoms with Crippen LogP contribution in [-0.4, -0.2) is 35.0 Å². The molecule has 270 valence electrons. The fourth-order valence-electron chi connectivity index (χ4n) is 4.32. The lowest BCUT2D eigenvalue weighted by atomic mass is 10.0. The summed E-state index contributed by atoms with van der Waals surface area (Å²) in [4.78, 5) is 16.2. The molecule has 2 aromatic carbocycles. The Balaban J connectivity index is 0.00000409. The van der Waals surface area contributed by atoms with Crippen molar-refractivity contribution in [3.63, 3.8) is 0 Å². The van der Waals surface area contributed by atoms with Crippen LogP contribution in [0.25, 0.3) is 10.6 Å². The molecule has 1 aromatic heterocycles. The lowest BCUT2D eigenvalue weighted by molar-refractivity contribution is -0.137. The second-order valence-electron chi connectivity index (χ2n) is 10.8. The van der Waals surface area contributed by atoms with Crippen LogP contribution in [0.1, 0.15) is 74.2 Å². The zero-order valence-electron chi connectivity index (χ0n) is 27.7. The monoisotopic (exact) mass is 721 g/mol. The van der Waals surface area contributed by atoms with Gasteiger partial charge in [-0.1, -0.05) is 50.3 Å². The highest BCUT2D eigenvalue weighted by molar-refractivity contribution is 7.15. The average Bonchev–Trinajstić information content (AvgIpc) is 3.41. The minimum Gasteiger partial charge on any atom is -0.498 e. The highest BCUT2D eigenvalue weighted by Crippen LogP contribution is 2.34. The van der Waals surface area contributed by atoms with Crippen LogP contribution in [-0.2, 0) is 34.9 Å². The van der Waals surface area contributed by atoms with Crippen molar-refractivity contribution in [3.8, 4) is 16.3 Å². The molecule has 0 amide bonds. The summed E-state index contributed by atoms with van der Waals surface area (Å²) in [5, 5.41) is 9.47. The number of aliphatic carboxylic acids is 1. The van der Waals surface area contributed by atoms with Gasteiger partial charge in [0, 0.05) is 36.5 Å². The van der Waals surface area contributed by atoms with Gasteiger partial charge in [-0.05, 0) is 56.0 Å². The molecule has 0 radical (unpaired) electrons. The number of carboxylic acids is 1. The van der Waals surface area contributed by atoms with Gasteiger partial charge in [-0.25, -0.2) is 13.8 Å². The lowest BCUT2D eigenvalue weighted by Crippen LogP contribution is -2.14. The van der Waals surface area contributed by atoms with Crippen LogP contribution in [0.3, 0.4) is 0 Å². The number of allylic oxidation sites excluding steroid dienone is 4. The number of aromatic nitrogens is 1. The van der Waals surface area contributed by atoms with Crippen LogP contribution in [0.15, 0.2) is 65.9 Å². The van der Waals surface area contributed by atoms with E-state index in [1.54, 1.807) is 18.2 Å². The van der Waals surface area contributed by atoms with Gasteiger partial charge in [0.15, 0.2) is 0 Å². The van der Waals surface area contributed by atoms with E-state index in [0.717, 1.165) is 24.1 Å². The molecule has 0 aliphatic rings. The molecule has 0 saturated heterocycles. The number of nitrogens with zero attached hydrogens (tertiary/aromatic N) is 1. The molecule has 1 N–H and O–H groups in total. The number of rotatable bonds is 15. The molecule has 14 heteroatoms. The Labute approximate surface area is 284 Å². The van der Waals surface area contributed by atoms with E-state index < -0.39 is 42.7 Å². The van der Waals surface area contributed by atoms with Gasteiger partial charge in [-0.2, -0.15) is 26.3 Å². The fraction of sp³-hybridized carbons (Fsp3) is 0.429. The lowest BCUT2D eigenvalue weighted by Gasteiger charge is -2.12. The SMILES string of the molecule is C/C(=C\C/C(=C\CC(F)(F)F)C(F)(F)F)OCCc1nc(-c2ccc(C(C)(F)F)cc2)sc1COc1ccc(CCC(=O)O)c(C)c1.CC. The molecular formula is C35H39F8NO4S. The third-order valence-corrected chi connectivity index (χ3v) is 8.05. The van der Waals surface area contributed by atoms with Crippen molar-refractivity contribution in [1.29, 1.82) is 0 Å². The first-order chi connectivity index (χ1) is 22.8. The summed E-state index contributed by atoms with van der Waals surface area (Å²) >= 11 is 1.26.